The smallest absolute Gasteiger partial charge is 0.223 e. The Morgan fingerprint density at radius 1 is 1.35 bits per heavy atom. The molecule has 0 spiro atoms. The molecule has 0 radical (unpaired) electrons. The monoisotopic (exact) mass is 255 g/mol. The van der Waals surface area contributed by atoms with Gasteiger partial charge in [0.2, 0.25) is 5.95 Å². The Labute approximate surface area is 106 Å². The Morgan fingerprint density at radius 3 is 2.82 bits per heavy atom. The van der Waals surface area contributed by atoms with Crippen molar-refractivity contribution in [2.45, 2.75) is 19.3 Å². The van der Waals surface area contributed by atoms with Gasteiger partial charge in [-0.3, -0.25) is 0 Å². The molecule has 6 heteroatoms. The van der Waals surface area contributed by atoms with Crippen molar-refractivity contribution in [2.24, 2.45) is 0 Å². The van der Waals surface area contributed by atoms with Gasteiger partial charge >= 0.3 is 0 Å². The lowest BCUT2D eigenvalue weighted by atomic mass is 10.4. The fraction of sp³-hybridized carbons (Fsp3) is 0.636. The van der Waals surface area contributed by atoms with Crippen LogP contribution in [0.4, 0.5) is 11.8 Å². The molecule has 0 unspecified atom stereocenters. The number of likely N-dealkylation sites (tertiary alicyclic amines) is 1. The summed E-state index contributed by atoms with van der Waals surface area (Å²) in [6.45, 7) is 4.50. The molecule has 0 bridgehead atoms. The highest BCUT2D eigenvalue weighted by molar-refractivity contribution is 6.29. The van der Waals surface area contributed by atoms with Gasteiger partial charge in [-0.15, -0.1) is 0 Å². The summed E-state index contributed by atoms with van der Waals surface area (Å²) in [5.41, 5.74) is 5.51. The molecule has 1 aromatic rings. The molecule has 1 saturated heterocycles. The van der Waals surface area contributed by atoms with E-state index in [4.69, 9.17) is 17.3 Å². The standard InChI is InChI=1S/C11H18ClN5/c12-9-8-10(16-11(13)15-9)14-4-3-7-17-5-1-2-6-17/h8H,1-7H2,(H3,13,14,15,16). The second-order valence-electron chi connectivity index (χ2n) is 4.26. The highest BCUT2D eigenvalue weighted by Gasteiger charge is 2.10. The molecular weight excluding hydrogens is 238 g/mol. The summed E-state index contributed by atoms with van der Waals surface area (Å²) in [5.74, 6) is 0.906. The van der Waals surface area contributed by atoms with Crippen LogP contribution in [0.15, 0.2) is 6.07 Å². The molecular formula is C11H18ClN5. The zero-order chi connectivity index (χ0) is 12.1. The number of aromatic nitrogens is 2. The number of nitrogen functional groups attached to an aromatic ring is 1. The molecule has 1 aliphatic heterocycles. The first-order valence-corrected chi connectivity index (χ1v) is 6.38. The van der Waals surface area contributed by atoms with Crippen LogP contribution < -0.4 is 11.1 Å². The van der Waals surface area contributed by atoms with E-state index in [1.807, 2.05) is 0 Å². The van der Waals surface area contributed by atoms with E-state index in [2.05, 4.69) is 20.2 Å². The fourth-order valence-corrected chi connectivity index (χ4v) is 2.24. The van der Waals surface area contributed by atoms with Gasteiger partial charge in [-0.2, -0.15) is 4.98 Å². The second-order valence-corrected chi connectivity index (χ2v) is 4.65. The summed E-state index contributed by atoms with van der Waals surface area (Å²) < 4.78 is 0. The van der Waals surface area contributed by atoms with Gasteiger partial charge in [0, 0.05) is 12.6 Å². The van der Waals surface area contributed by atoms with E-state index in [1.54, 1.807) is 6.07 Å². The minimum Gasteiger partial charge on any atom is -0.370 e. The maximum Gasteiger partial charge on any atom is 0.223 e. The van der Waals surface area contributed by atoms with Crippen molar-refractivity contribution in [1.29, 1.82) is 0 Å². The lowest BCUT2D eigenvalue weighted by molar-refractivity contribution is 0.337. The molecule has 0 amide bonds. The Kier molecular flexibility index (Phi) is 4.39. The molecule has 3 N–H and O–H groups in total. The summed E-state index contributed by atoms with van der Waals surface area (Å²) in [6, 6.07) is 1.69. The Bertz CT molecular complexity index is 345. The van der Waals surface area contributed by atoms with Crippen molar-refractivity contribution in [3.63, 3.8) is 0 Å². The highest BCUT2D eigenvalue weighted by atomic mass is 35.5. The third-order valence-electron chi connectivity index (χ3n) is 2.87. The molecule has 2 heterocycles. The van der Waals surface area contributed by atoms with Gasteiger partial charge < -0.3 is 16.0 Å². The lowest BCUT2D eigenvalue weighted by Gasteiger charge is -2.14. The fourth-order valence-electron chi connectivity index (χ4n) is 2.05. The van der Waals surface area contributed by atoms with Crippen molar-refractivity contribution in [3.8, 4) is 0 Å². The van der Waals surface area contributed by atoms with Gasteiger partial charge in [0.05, 0.1) is 0 Å². The highest BCUT2D eigenvalue weighted by Crippen LogP contribution is 2.12. The first-order valence-electron chi connectivity index (χ1n) is 6.00. The zero-order valence-electron chi connectivity index (χ0n) is 9.82. The second kappa shape index (κ2) is 6.02. The Hall–Kier alpha value is -1.07. The number of halogens is 1. The molecule has 17 heavy (non-hydrogen) atoms. The third-order valence-corrected chi connectivity index (χ3v) is 3.06. The van der Waals surface area contributed by atoms with Crippen LogP contribution in [0, 0.1) is 0 Å². The summed E-state index contributed by atoms with van der Waals surface area (Å²) in [4.78, 5) is 10.4. The quantitative estimate of drug-likeness (QED) is 0.618. The number of nitrogens with one attached hydrogen (secondary N) is 1. The Balaban J connectivity index is 1.70. The largest absolute Gasteiger partial charge is 0.370 e. The van der Waals surface area contributed by atoms with Crippen molar-refractivity contribution < 1.29 is 0 Å². The van der Waals surface area contributed by atoms with Crippen LogP contribution in [-0.2, 0) is 0 Å². The van der Waals surface area contributed by atoms with Crippen LogP contribution >= 0.6 is 11.6 Å². The van der Waals surface area contributed by atoms with E-state index in [1.165, 1.54) is 25.9 Å². The SMILES string of the molecule is Nc1nc(Cl)cc(NCCCN2CCCC2)n1. The summed E-state index contributed by atoms with van der Waals surface area (Å²) in [5, 5.41) is 3.58. The van der Waals surface area contributed by atoms with Crippen LogP contribution in [0.2, 0.25) is 5.15 Å². The van der Waals surface area contributed by atoms with Crippen LogP contribution in [0.5, 0.6) is 0 Å². The molecule has 1 aromatic heterocycles. The summed E-state index contributed by atoms with van der Waals surface area (Å²) in [7, 11) is 0. The van der Waals surface area contributed by atoms with Gasteiger partial charge in [0.15, 0.2) is 0 Å². The van der Waals surface area contributed by atoms with Crippen molar-refractivity contribution in [1.82, 2.24) is 14.9 Å². The molecule has 1 fully saturated rings. The average molecular weight is 256 g/mol. The molecule has 0 atom stereocenters. The predicted molar refractivity (Wildman–Crippen MR) is 70.2 cm³/mol. The summed E-state index contributed by atoms with van der Waals surface area (Å²) in [6.07, 6.45) is 3.78. The molecule has 0 saturated carbocycles. The van der Waals surface area contributed by atoms with Crippen LogP contribution in [0.1, 0.15) is 19.3 Å². The number of hydrogen-bond donors (Lipinski definition) is 2. The number of anilines is 2. The zero-order valence-corrected chi connectivity index (χ0v) is 10.6. The normalized spacial score (nSPS) is 16.3. The number of nitrogens with zero attached hydrogens (tertiary/aromatic N) is 3. The predicted octanol–water partition coefficient (Wildman–Crippen LogP) is 1.61. The maximum absolute atomic E-state index is 5.79. The first-order chi connectivity index (χ1) is 8.24. The van der Waals surface area contributed by atoms with E-state index >= 15 is 0 Å². The third kappa shape index (κ3) is 4.02. The average Bonchev–Trinajstić information content (AvgIpc) is 2.76. The number of hydrogen-bond acceptors (Lipinski definition) is 5. The molecule has 2 rings (SSSR count). The molecule has 94 valence electrons. The van der Waals surface area contributed by atoms with E-state index in [0.29, 0.717) is 11.0 Å². The number of rotatable bonds is 5. The minimum atomic E-state index is 0.208. The van der Waals surface area contributed by atoms with E-state index in [9.17, 15) is 0 Å². The molecule has 0 aliphatic carbocycles. The Morgan fingerprint density at radius 2 is 2.12 bits per heavy atom. The van der Waals surface area contributed by atoms with E-state index in [0.717, 1.165) is 19.5 Å². The molecule has 0 aromatic carbocycles. The van der Waals surface area contributed by atoms with Gasteiger partial charge in [-0.25, -0.2) is 4.98 Å². The van der Waals surface area contributed by atoms with Gasteiger partial charge in [0.25, 0.3) is 0 Å². The van der Waals surface area contributed by atoms with Crippen molar-refractivity contribution in [3.05, 3.63) is 11.2 Å². The van der Waals surface area contributed by atoms with Crippen LogP contribution in [0.3, 0.4) is 0 Å². The van der Waals surface area contributed by atoms with Gasteiger partial charge in [-0.1, -0.05) is 11.6 Å². The van der Waals surface area contributed by atoms with E-state index < -0.39 is 0 Å². The van der Waals surface area contributed by atoms with Gasteiger partial charge in [0.1, 0.15) is 11.0 Å². The summed E-state index contributed by atoms with van der Waals surface area (Å²) >= 11 is 5.79. The topological polar surface area (TPSA) is 67.1 Å². The number of nitrogens with two attached hydrogens (primary N) is 1. The van der Waals surface area contributed by atoms with Crippen LogP contribution in [0.25, 0.3) is 0 Å². The molecule has 1 aliphatic rings. The van der Waals surface area contributed by atoms with Crippen molar-refractivity contribution >= 4 is 23.4 Å². The van der Waals surface area contributed by atoms with E-state index in [-0.39, 0.29) is 5.95 Å². The molecule has 5 nitrogen and oxygen atoms in total. The van der Waals surface area contributed by atoms with Crippen LogP contribution in [-0.4, -0.2) is 41.0 Å². The maximum atomic E-state index is 5.79. The first kappa shape index (κ1) is 12.4. The van der Waals surface area contributed by atoms with Crippen molar-refractivity contribution in [2.75, 3.05) is 37.2 Å². The minimum absolute atomic E-state index is 0.208. The van der Waals surface area contributed by atoms with Gasteiger partial charge in [-0.05, 0) is 38.9 Å². The lowest BCUT2D eigenvalue weighted by Crippen LogP contribution is -2.22.